The Morgan fingerprint density at radius 1 is 0.857 bits per heavy atom. The molecule has 4 rings (SSSR count). The highest BCUT2D eigenvalue weighted by Crippen LogP contribution is 2.47. The Morgan fingerprint density at radius 2 is 1.43 bits per heavy atom. The third kappa shape index (κ3) is 3.33. The van der Waals surface area contributed by atoms with Crippen LogP contribution in [-0.4, -0.2) is 6.66 Å². The zero-order valence-corrected chi connectivity index (χ0v) is 17.3. The highest BCUT2D eigenvalue weighted by molar-refractivity contribution is 7.76. The Morgan fingerprint density at radius 3 is 2.07 bits per heavy atom. The Hall–Kier alpha value is -2.59. The summed E-state index contributed by atoms with van der Waals surface area (Å²) in [6.45, 7) is 7.17. The molecule has 2 nitrogen and oxygen atoms in total. The van der Waals surface area contributed by atoms with Gasteiger partial charge in [-0.3, -0.25) is 0 Å². The highest BCUT2D eigenvalue weighted by Gasteiger charge is 2.30. The first-order valence-corrected chi connectivity index (χ1v) is 11.6. The molecule has 0 saturated heterocycles. The largest absolute Gasteiger partial charge is 0.372 e. The van der Waals surface area contributed by atoms with E-state index in [0.29, 0.717) is 13.2 Å². The van der Waals surface area contributed by atoms with Crippen LogP contribution in [0.5, 0.6) is 0 Å². The van der Waals surface area contributed by atoms with Gasteiger partial charge in [0.15, 0.2) is 7.14 Å². The maximum Gasteiger partial charge on any atom is 0.181 e. The second-order valence-corrected chi connectivity index (χ2v) is 9.84. The molecule has 0 radical (unpaired) electrons. The van der Waals surface area contributed by atoms with Gasteiger partial charge in [0.1, 0.15) is 0 Å². The zero-order chi connectivity index (χ0) is 19.7. The Bertz CT molecular complexity index is 1140. The molecule has 0 bridgehead atoms. The number of hydrogen-bond donors (Lipinski definition) is 0. The minimum absolute atomic E-state index is 0.580. The van der Waals surface area contributed by atoms with E-state index in [4.69, 9.17) is 4.74 Å². The topological polar surface area (TPSA) is 26.3 Å². The number of fused-ring (bicyclic) bond motifs is 1. The van der Waals surface area contributed by atoms with Crippen molar-refractivity contribution in [3.63, 3.8) is 0 Å². The van der Waals surface area contributed by atoms with E-state index >= 15 is 0 Å². The van der Waals surface area contributed by atoms with Crippen LogP contribution >= 0.6 is 7.14 Å². The maximum absolute atomic E-state index is 13.9. The quantitative estimate of drug-likeness (QED) is 0.422. The second kappa shape index (κ2) is 7.44. The summed E-state index contributed by atoms with van der Waals surface area (Å²) in [5.74, 6) is 3.13. The second-order valence-electron chi connectivity index (χ2n) is 7.32. The van der Waals surface area contributed by atoms with E-state index in [0.717, 1.165) is 33.1 Å². The first kappa shape index (κ1) is 18.8. The lowest BCUT2D eigenvalue weighted by Crippen LogP contribution is -2.17. The Balaban J connectivity index is 1.97. The van der Waals surface area contributed by atoms with Gasteiger partial charge in [-0.2, -0.15) is 0 Å². The van der Waals surface area contributed by atoms with Crippen molar-refractivity contribution in [2.45, 2.75) is 27.1 Å². The third-order valence-corrected chi connectivity index (χ3v) is 7.36. The van der Waals surface area contributed by atoms with Crippen molar-refractivity contribution < 1.29 is 9.30 Å². The summed E-state index contributed by atoms with van der Waals surface area (Å²) in [5.41, 5.74) is 10.8. The minimum Gasteiger partial charge on any atom is -0.372 e. The lowest BCUT2D eigenvalue weighted by atomic mass is 9.91. The minimum atomic E-state index is -2.93. The predicted molar refractivity (Wildman–Crippen MR) is 116 cm³/mol. The van der Waals surface area contributed by atoms with Gasteiger partial charge in [0, 0.05) is 17.5 Å². The molecule has 1 aliphatic heterocycles. The van der Waals surface area contributed by atoms with Crippen molar-refractivity contribution in [1.29, 1.82) is 0 Å². The summed E-state index contributed by atoms with van der Waals surface area (Å²) in [7, 11) is -2.93. The van der Waals surface area contributed by atoms with Crippen LogP contribution in [0.3, 0.4) is 0 Å². The van der Waals surface area contributed by atoms with Gasteiger partial charge in [0.25, 0.3) is 0 Å². The molecule has 3 heteroatoms. The van der Waals surface area contributed by atoms with E-state index in [1.807, 2.05) is 48.5 Å². The van der Waals surface area contributed by atoms with Gasteiger partial charge in [0.2, 0.25) is 0 Å². The summed E-state index contributed by atoms with van der Waals surface area (Å²) in [5, 5.41) is 0.879. The predicted octanol–water partition coefficient (Wildman–Crippen LogP) is 5.63. The zero-order valence-electron chi connectivity index (χ0n) is 16.5. The van der Waals surface area contributed by atoms with Crippen molar-refractivity contribution in [3.8, 4) is 22.7 Å². The first-order chi connectivity index (χ1) is 13.5. The fraction of sp³-hybridized carbons (Fsp3) is 0.200. The van der Waals surface area contributed by atoms with Gasteiger partial charge < -0.3 is 9.30 Å². The molecule has 0 spiro atoms. The Labute approximate surface area is 166 Å². The van der Waals surface area contributed by atoms with Crippen molar-refractivity contribution in [2.24, 2.45) is 0 Å². The SMILES string of the molecule is Cc1c2c(c(C)c(P(C)(=O)C#Cc3ccccc3)c1-c1ccccc1)COC2. The normalized spacial score (nSPS) is 14.7. The molecule has 1 heterocycles. The van der Waals surface area contributed by atoms with Crippen molar-refractivity contribution >= 4 is 12.4 Å². The lowest BCUT2D eigenvalue weighted by Gasteiger charge is -2.22. The molecule has 0 N–H and O–H groups in total. The first-order valence-electron chi connectivity index (χ1n) is 9.43. The number of rotatable bonds is 2. The molecule has 0 amide bonds. The van der Waals surface area contributed by atoms with Crippen LogP contribution in [0.25, 0.3) is 11.1 Å². The van der Waals surface area contributed by atoms with Gasteiger partial charge in [-0.1, -0.05) is 54.5 Å². The highest BCUT2D eigenvalue weighted by atomic mass is 31.2. The Kier molecular flexibility index (Phi) is 4.98. The standard InChI is InChI=1S/C25H23O2P/c1-18-22-16-27-17-23(22)19(2)25(24(18)21-12-8-5-9-13-21)28(3,26)15-14-20-10-6-4-7-11-20/h4-13H,16-17H2,1-3H3. The third-order valence-electron chi connectivity index (χ3n) is 5.41. The summed E-state index contributed by atoms with van der Waals surface area (Å²) < 4.78 is 19.7. The van der Waals surface area contributed by atoms with Gasteiger partial charge in [-0.15, -0.1) is 0 Å². The average Bonchev–Trinajstić information content (AvgIpc) is 3.21. The van der Waals surface area contributed by atoms with Crippen LogP contribution in [0.1, 0.15) is 27.8 Å². The maximum atomic E-state index is 13.9. The summed E-state index contributed by atoms with van der Waals surface area (Å²) in [6, 6.07) is 19.9. The molecule has 3 aromatic rings. The van der Waals surface area contributed by atoms with Crippen LogP contribution in [0, 0.1) is 25.4 Å². The molecule has 0 saturated carbocycles. The molecule has 1 aliphatic rings. The van der Waals surface area contributed by atoms with E-state index in [1.165, 1.54) is 11.1 Å². The molecule has 0 fully saturated rings. The lowest BCUT2D eigenvalue weighted by molar-refractivity contribution is 0.134. The number of ether oxygens (including phenoxy) is 1. The van der Waals surface area contributed by atoms with Crippen molar-refractivity contribution in [3.05, 3.63) is 88.5 Å². The number of hydrogen-bond acceptors (Lipinski definition) is 2. The molecular formula is C25H23O2P. The van der Waals surface area contributed by atoms with Gasteiger partial charge in [-0.25, -0.2) is 0 Å². The van der Waals surface area contributed by atoms with Crippen LogP contribution in [0.15, 0.2) is 60.7 Å². The van der Waals surface area contributed by atoms with Crippen LogP contribution in [-0.2, 0) is 22.5 Å². The van der Waals surface area contributed by atoms with E-state index in [2.05, 4.69) is 37.6 Å². The smallest absolute Gasteiger partial charge is 0.181 e. The fourth-order valence-corrected chi connectivity index (χ4v) is 5.95. The van der Waals surface area contributed by atoms with E-state index in [9.17, 15) is 4.57 Å². The monoisotopic (exact) mass is 386 g/mol. The van der Waals surface area contributed by atoms with Crippen LogP contribution in [0.4, 0.5) is 0 Å². The summed E-state index contributed by atoms with van der Waals surface area (Å²) >= 11 is 0. The molecule has 0 aromatic heterocycles. The van der Waals surface area contributed by atoms with E-state index in [-0.39, 0.29) is 0 Å². The average molecular weight is 386 g/mol. The molecule has 140 valence electrons. The van der Waals surface area contributed by atoms with Crippen LogP contribution in [0.2, 0.25) is 0 Å². The molecule has 28 heavy (non-hydrogen) atoms. The molecule has 1 unspecified atom stereocenters. The molecular weight excluding hydrogens is 363 g/mol. The van der Waals surface area contributed by atoms with Gasteiger partial charge in [0.05, 0.1) is 13.2 Å². The fourth-order valence-electron chi connectivity index (χ4n) is 4.00. The van der Waals surface area contributed by atoms with E-state index in [1.54, 1.807) is 6.66 Å². The molecule has 0 aliphatic carbocycles. The van der Waals surface area contributed by atoms with Crippen molar-refractivity contribution in [2.75, 3.05) is 6.66 Å². The van der Waals surface area contributed by atoms with Gasteiger partial charge >= 0.3 is 0 Å². The summed E-state index contributed by atoms with van der Waals surface area (Å²) in [6.07, 6.45) is 0. The summed E-state index contributed by atoms with van der Waals surface area (Å²) in [4.78, 5) is 0. The van der Waals surface area contributed by atoms with Gasteiger partial charge in [-0.05, 0) is 65.0 Å². The number of benzene rings is 3. The van der Waals surface area contributed by atoms with Crippen LogP contribution < -0.4 is 5.30 Å². The van der Waals surface area contributed by atoms with E-state index < -0.39 is 7.14 Å². The molecule has 3 aromatic carbocycles. The molecule has 1 atom stereocenters. The van der Waals surface area contributed by atoms with Crippen molar-refractivity contribution in [1.82, 2.24) is 0 Å².